The van der Waals surface area contributed by atoms with Gasteiger partial charge in [0.05, 0.1) is 5.69 Å². The standard InChI is InChI=1S/C16H18BrN3O/c1-3-8-18-12-7-9-19-14(10-12)16(21)20-13-6-4-5-11(2)15(13)17/h4-7,9-10H,3,8H2,1-2H3,(H,18,19)(H,20,21). The third-order valence-electron chi connectivity index (χ3n) is 3.01. The molecule has 0 aliphatic carbocycles. The molecule has 0 fully saturated rings. The average molecular weight is 348 g/mol. The maximum Gasteiger partial charge on any atom is 0.274 e. The fourth-order valence-corrected chi connectivity index (χ4v) is 2.23. The number of halogens is 1. The van der Waals surface area contributed by atoms with Gasteiger partial charge in [0.25, 0.3) is 5.91 Å². The van der Waals surface area contributed by atoms with Crippen LogP contribution in [0.3, 0.4) is 0 Å². The molecule has 2 rings (SSSR count). The van der Waals surface area contributed by atoms with Crippen molar-refractivity contribution in [1.29, 1.82) is 0 Å². The molecular weight excluding hydrogens is 330 g/mol. The van der Waals surface area contributed by atoms with Gasteiger partial charge in [0, 0.05) is 22.9 Å². The highest BCUT2D eigenvalue weighted by Crippen LogP contribution is 2.26. The molecule has 1 aromatic heterocycles. The van der Waals surface area contributed by atoms with E-state index in [4.69, 9.17) is 0 Å². The predicted molar refractivity (Wildman–Crippen MR) is 89.8 cm³/mol. The Labute approximate surface area is 133 Å². The molecule has 0 spiro atoms. The molecule has 2 aromatic rings. The van der Waals surface area contributed by atoms with Gasteiger partial charge in [0.2, 0.25) is 0 Å². The van der Waals surface area contributed by atoms with E-state index in [1.54, 1.807) is 12.3 Å². The smallest absolute Gasteiger partial charge is 0.274 e. The lowest BCUT2D eigenvalue weighted by atomic mass is 10.2. The lowest BCUT2D eigenvalue weighted by Crippen LogP contribution is -2.14. The first kappa shape index (κ1) is 15.5. The van der Waals surface area contributed by atoms with E-state index >= 15 is 0 Å². The summed E-state index contributed by atoms with van der Waals surface area (Å²) in [4.78, 5) is 16.4. The lowest BCUT2D eigenvalue weighted by molar-refractivity contribution is 0.102. The van der Waals surface area contributed by atoms with Crippen LogP contribution in [0.25, 0.3) is 0 Å². The van der Waals surface area contributed by atoms with E-state index in [2.05, 4.69) is 38.5 Å². The summed E-state index contributed by atoms with van der Waals surface area (Å²) in [5, 5.41) is 6.12. The molecule has 1 aromatic carbocycles. The van der Waals surface area contributed by atoms with E-state index in [9.17, 15) is 4.79 Å². The molecule has 0 atom stereocenters. The number of aromatic nitrogens is 1. The second-order valence-electron chi connectivity index (χ2n) is 4.75. The Bertz CT molecular complexity index is 643. The number of rotatable bonds is 5. The van der Waals surface area contributed by atoms with Crippen LogP contribution in [0.5, 0.6) is 0 Å². The molecular formula is C16H18BrN3O. The number of nitrogens with zero attached hydrogens (tertiary/aromatic N) is 1. The van der Waals surface area contributed by atoms with Crippen molar-refractivity contribution < 1.29 is 4.79 Å². The van der Waals surface area contributed by atoms with Crippen molar-refractivity contribution in [2.75, 3.05) is 17.2 Å². The number of nitrogens with one attached hydrogen (secondary N) is 2. The topological polar surface area (TPSA) is 54.0 Å². The van der Waals surface area contributed by atoms with E-state index in [0.717, 1.165) is 34.4 Å². The summed E-state index contributed by atoms with van der Waals surface area (Å²) in [5.41, 5.74) is 3.11. The molecule has 5 heteroatoms. The highest BCUT2D eigenvalue weighted by Gasteiger charge is 2.11. The normalized spacial score (nSPS) is 10.2. The average Bonchev–Trinajstić information content (AvgIpc) is 2.50. The maximum absolute atomic E-state index is 12.3. The van der Waals surface area contributed by atoms with Crippen LogP contribution in [0.15, 0.2) is 41.0 Å². The molecule has 0 saturated carbocycles. The van der Waals surface area contributed by atoms with Gasteiger partial charge in [-0.25, -0.2) is 0 Å². The second-order valence-corrected chi connectivity index (χ2v) is 5.54. The van der Waals surface area contributed by atoms with Crippen LogP contribution in [0.2, 0.25) is 0 Å². The number of carbonyl (C=O) groups is 1. The summed E-state index contributed by atoms with van der Waals surface area (Å²) in [7, 11) is 0. The molecule has 1 heterocycles. The molecule has 1 amide bonds. The number of amides is 1. The van der Waals surface area contributed by atoms with Gasteiger partial charge in [-0.1, -0.05) is 19.1 Å². The number of carbonyl (C=O) groups excluding carboxylic acids is 1. The zero-order valence-corrected chi connectivity index (χ0v) is 13.7. The van der Waals surface area contributed by atoms with Crippen molar-refractivity contribution in [2.24, 2.45) is 0 Å². The molecule has 110 valence electrons. The van der Waals surface area contributed by atoms with Gasteiger partial charge in [-0.05, 0) is 53.0 Å². The largest absolute Gasteiger partial charge is 0.385 e. The van der Waals surface area contributed by atoms with E-state index < -0.39 is 0 Å². The van der Waals surface area contributed by atoms with Gasteiger partial charge in [0.15, 0.2) is 0 Å². The summed E-state index contributed by atoms with van der Waals surface area (Å²) in [5.74, 6) is -0.221. The number of hydrogen-bond acceptors (Lipinski definition) is 3. The highest BCUT2D eigenvalue weighted by molar-refractivity contribution is 9.10. The lowest BCUT2D eigenvalue weighted by Gasteiger charge is -2.10. The van der Waals surface area contributed by atoms with Gasteiger partial charge in [-0.2, -0.15) is 0 Å². The van der Waals surface area contributed by atoms with Crippen molar-refractivity contribution >= 4 is 33.2 Å². The van der Waals surface area contributed by atoms with Gasteiger partial charge < -0.3 is 10.6 Å². The summed E-state index contributed by atoms with van der Waals surface area (Å²) >= 11 is 3.48. The zero-order chi connectivity index (χ0) is 15.2. The molecule has 21 heavy (non-hydrogen) atoms. The Morgan fingerprint density at radius 1 is 1.33 bits per heavy atom. The van der Waals surface area contributed by atoms with Crippen LogP contribution in [0.4, 0.5) is 11.4 Å². The van der Waals surface area contributed by atoms with Crippen LogP contribution in [0, 0.1) is 6.92 Å². The molecule has 0 radical (unpaired) electrons. The Kier molecular flexibility index (Phi) is 5.33. The monoisotopic (exact) mass is 347 g/mol. The summed E-state index contributed by atoms with van der Waals surface area (Å²) in [6, 6.07) is 9.35. The fourth-order valence-electron chi connectivity index (χ4n) is 1.86. The molecule has 0 unspecified atom stereocenters. The minimum Gasteiger partial charge on any atom is -0.385 e. The van der Waals surface area contributed by atoms with E-state index in [1.807, 2.05) is 31.2 Å². The van der Waals surface area contributed by atoms with Crippen LogP contribution in [-0.2, 0) is 0 Å². The third-order valence-corrected chi connectivity index (χ3v) is 4.06. The van der Waals surface area contributed by atoms with Crippen molar-refractivity contribution in [3.8, 4) is 0 Å². The van der Waals surface area contributed by atoms with Gasteiger partial charge >= 0.3 is 0 Å². The van der Waals surface area contributed by atoms with Crippen molar-refractivity contribution in [2.45, 2.75) is 20.3 Å². The molecule has 2 N–H and O–H groups in total. The van der Waals surface area contributed by atoms with Gasteiger partial charge in [-0.3, -0.25) is 9.78 Å². The third kappa shape index (κ3) is 4.04. The van der Waals surface area contributed by atoms with Gasteiger partial charge in [-0.15, -0.1) is 0 Å². The number of hydrogen-bond donors (Lipinski definition) is 2. The summed E-state index contributed by atoms with van der Waals surface area (Å²) in [6.07, 6.45) is 2.66. The minimum atomic E-state index is -0.221. The first-order chi connectivity index (χ1) is 10.1. The van der Waals surface area contributed by atoms with E-state index in [0.29, 0.717) is 5.69 Å². The Morgan fingerprint density at radius 3 is 2.90 bits per heavy atom. The highest BCUT2D eigenvalue weighted by atomic mass is 79.9. The number of aryl methyl sites for hydroxylation is 1. The number of anilines is 2. The molecule has 0 aliphatic rings. The van der Waals surface area contributed by atoms with Crippen molar-refractivity contribution in [1.82, 2.24) is 4.98 Å². The zero-order valence-electron chi connectivity index (χ0n) is 12.1. The fraction of sp³-hybridized carbons (Fsp3) is 0.250. The summed E-state index contributed by atoms with van der Waals surface area (Å²) < 4.78 is 0.888. The van der Waals surface area contributed by atoms with E-state index in [1.165, 1.54) is 0 Å². The Balaban J connectivity index is 2.15. The van der Waals surface area contributed by atoms with Crippen molar-refractivity contribution in [3.63, 3.8) is 0 Å². The van der Waals surface area contributed by atoms with Crippen LogP contribution in [-0.4, -0.2) is 17.4 Å². The number of pyridine rings is 1. The Morgan fingerprint density at radius 2 is 2.14 bits per heavy atom. The van der Waals surface area contributed by atoms with E-state index in [-0.39, 0.29) is 5.91 Å². The predicted octanol–water partition coefficient (Wildman–Crippen LogP) is 4.23. The number of benzene rings is 1. The first-order valence-electron chi connectivity index (χ1n) is 6.88. The van der Waals surface area contributed by atoms with Crippen molar-refractivity contribution in [3.05, 3.63) is 52.3 Å². The molecule has 0 bridgehead atoms. The molecule has 4 nitrogen and oxygen atoms in total. The molecule has 0 aliphatic heterocycles. The summed E-state index contributed by atoms with van der Waals surface area (Å²) in [6.45, 7) is 4.94. The van der Waals surface area contributed by atoms with Crippen LogP contribution in [0.1, 0.15) is 29.4 Å². The Hall–Kier alpha value is -1.88. The maximum atomic E-state index is 12.3. The van der Waals surface area contributed by atoms with Crippen LogP contribution < -0.4 is 10.6 Å². The first-order valence-corrected chi connectivity index (χ1v) is 7.67. The second kappa shape index (κ2) is 7.22. The SMILES string of the molecule is CCCNc1ccnc(C(=O)Nc2cccc(C)c2Br)c1. The quantitative estimate of drug-likeness (QED) is 0.850. The molecule has 0 saturated heterocycles. The van der Waals surface area contributed by atoms with Gasteiger partial charge in [0.1, 0.15) is 5.69 Å². The minimum absolute atomic E-state index is 0.221. The van der Waals surface area contributed by atoms with Crippen LogP contribution >= 0.6 is 15.9 Å².